The van der Waals surface area contributed by atoms with Gasteiger partial charge in [-0.25, -0.2) is 4.39 Å². The lowest BCUT2D eigenvalue weighted by Gasteiger charge is -2.21. The van der Waals surface area contributed by atoms with E-state index in [-0.39, 0.29) is 5.82 Å². The quantitative estimate of drug-likeness (QED) is 0.821. The van der Waals surface area contributed by atoms with Crippen LogP contribution < -0.4 is 0 Å². The molecule has 1 saturated carbocycles. The van der Waals surface area contributed by atoms with Crippen molar-refractivity contribution in [3.8, 4) is 0 Å². The Hall–Kier alpha value is -1.67. The van der Waals surface area contributed by atoms with Gasteiger partial charge in [0.05, 0.1) is 0 Å². The van der Waals surface area contributed by atoms with E-state index in [9.17, 15) is 4.39 Å². The van der Waals surface area contributed by atoms with Crippen LogP contribution in [-0.4, -0.2) is 18.0 Å². The monoisotopic (exact) mass is 267 g/mol. The highest BCUT2D eigenvalue weighted by Gasteiger charge is 2.60. The molecular formula is C18H18FN. The Morgan fingerprint density at radius 2 is 1.95 bits per heavy atom. The van der Waals surface area contributed by atoms with Crippen molar-refractivity contribution in [1.82, 2.24) is 4.90 Å². The Bertz CT molecular complexity index is 624. The Morgan fingerprint density at radius 3 is 2.75 bits per heavy atom. The van der Waals surface area contributed by atoms with Gasteiger partial charge in [0.15, 0.2) is 0 Å². The fourth-order valence-corrected chi connectivity index (χ4v) is 3.82. The SMILES string of the molecule is Fc1cccc(CN2CC3CC3(c3ccccc3)C2)c1. The molecule has 2 atom stereocenters. The molecule has 2 fully saturated rings. The third-order valence-corrected chi connectivity index (χ3v) is 4.86. The Morgan fingerprint density at radius 1 is 1.10 bits per heavy atom. The van der Waals surface area contributed by atoms with Gasteiger partial charge in [-0.05, 0) is 35.6 Å². The van der Waals surface area contributed by atoms with Crippen LogP contribution in [0.4, 0.5) is 4.39 Å². The summed E-state index contributed by atoms with van der Waals surface area (Å²) < 4.78 is 13.2. The number of hydrogen-bond donors (Lipinski definition) is 0. The summed E-state index contributed by atoms with van der Waals surface area (Å²) in [6, 6.07) is 17.8. The molecule has 0 radical (unpaired) electrons. The Balaban J connectivity index is 1.50. The molecule has 102 valence electrons. The van der Waals surface area contributed by atoms with Gasteiger partial charge in [0.2, 0.25) is 0 Å². The predicted molar refractivity (Wildman–Crippen MR) is 77.9 cm³/mol. The van der Waals surface area contributed by atoms with Crippen molar-refractivity contribution in [3.05, 3.63) is 71.5 Å². The van der Waals surface area contributed by atoms with Crippen molar-refractivity contribution in [2.75, 3.05) is 13.1 Å². The van der Waals surface area contributed by atoms with Crippen LogP contribution in [0, 0.1) is 11.7 Å². The third-order valence-electron chi connectivity index (χ3n) is 4.86. The molecule has 0 bridgehead atoms. The summed E-state index contributed by atoms with van der Waals surface area (Å²) in [6.07, 6.45) is 1.32. The molecule has 1 aliphatic carbocycles. The number of nitrogens with zero attached hydrogens (tertiary/aromatic N) is 1. The van der Waals surface area contributed by atoms with Crippen LogP contribution >= 0.6 is 0 Å². The highest BCUT2D eigenvalue weighted by molar-refractivity contribution is 5.37. The molecule has 2 aromatic rings. The second kappa shape index (κ2) is 4.42. The minimum atomic E-state index is -0.135. The normalized spacial score (nSPS) is 28.4. The first kappa shape index (κ1) is 12.1. The van der Waals surface area contributed by atoms with E-state index in [4.69, 9.17) is 0 Å². The van der Waals surface area contributed by atoms with Gasteiger partial charge >= 0.3 is 0 Å². The fourth-order valence-electron chi connectivity index (χ4n) is 3.82. The topological polar surface area (TPSA) is 3.24 Å². The lowest BCUT2D eigenvalue weighted by atomic mass is 9.95. The van der Waals surface area contributed by atoms with Gasteiger partial charge in [-0.2, -0.15) is 0 Å². The lowest BCUT2D eigenvalue weighted by molar-refractivity contribution is 0.290. The van der Waals surface area contributed by atoms with Gasteiger partial charge in [-0.3, -0.25) is 4.90 Å². The summed E-state index contributed by atoms with van der Waals surface area (Å²) in [4.78, 5) is 2.47. The third kappa shape index (κ3) is 1.95. The number of rotatable bonds is 3. The summed E-state index contributed by atoms with van der Waals surface area (Å²) >= 11 is 0. The average molecular weight is 267 g/mol. The van der Waals surface area contributed by atoms with Crippen molar-refractivity contribution < 1.29 is 4.39 Å². The summed E-state index contributed by atoms with van der Waals surface area (Å²) in [6.45, 7) is 3.12. The molecule has 2 unspecified atom stereocenters. The molecule has 0 spiro atoms. The summed E-state index contributed by atoms with van der Waals surface area (Å²) in [7, 11) is 0. The van der Waals surface area contributed by atoms with Gasteiger partial charge in [-0.15, -0.1) is 0 Å². The zero-order chi connectivity index (χ0) is 13.6. The molecule has 1 aliphatic heterocycles. The van der Waals surface area contributed by atoms with Crippen LogP contribution in [0.25, 0.3) is 0 Å². The van der Waals surface area contributed by atoms with Crippen LogP contribution in [0.2, 0.25) is 0 Å². The van der Waals surface area contributed by atoms with E-state index >= 15 is 0 Å². The Labute approximate surface area is 119 Å². The number of piperidine rings is 1. The molecular weight excluding hydrogens is 249 g/mol. The van der Waals surface area contributed by atoms with Crippen molar-refractivity contribution in [2.45, 2.75) is 18.4 Å². The number of fused-ring (bicyclic) bond motifs is 1. The van der Waals surface area contributed by atoms with Crippen molar-refractivity contribution in [3.63, 3.8) is 0 Å². The molecule has 1 heterocycles. The second-order valence-electron chi connectivity index (χ2n) is 6.22. The number of hydrogen-bond acceptors (Lipinski definition) is 1. The highest BCUT2D eigenvalue weighted by Crippen LogP contribution is 2.59. The van der Waals surface area contributed by atoms with Gasteiger partial charge in [0.1, 0.15) is 5.82 Å². The first-order valence-electron chi connectivity index (χ1n) is 7.29. The molecule has 2 heteroatoms. The lowest BCUT2D eigenvalue weighted by Crippen LogP contribution is -2.26. The largest absolute Gasteiger partial charge is 0.298 e. The van der Waals surface area contributed by atoms with E-state index in [1.807, 2.05) is 6.07 Å². The molecule has 0 aromatic heterocycles. The van der Waals surface area contributed by atoms with E-state index in [1.54, 1.807) is 12.1 Å². The molecule has 1 saturated heterocycles. The minimum absolute atomic E-state index is 0.135. The second-order valence-corrected chi connectivity index (χ2v) is 6.22. The standard InChI is InChI=1S/C18H18FN/c19-17-8-4-5-14(9-17)11-20-12-16-10-18(16,13-20)15-6-2-1-3-7-15/h1-9,16H,10-13H2. The highest BCUT2D eigenvalue weighted by atomic mass is 19.1. The molecule has 4 rings (SSSR count). The van der Waals surface area contributed by atoms with Gasteiger partial charge in [0, 0.05) is 25.0 Å². The predicted octanol–water partition coefficient (Wildman–Crippen LogP) is 3.60. The number of likely N-dealkylation sites (tertiary alicyclic amines) is 1. The van der Waals surface area contributed by atoms with E-state index in [1.165, 1.54) is 18.1 Å². The molecule has 2 aliphatic rings. The number of halogens is 1. The van der Waals surface area contributed by atoms with Crippen LogP contribution in [0.3, 0.4) is 0 Å². The fraction of sp³-hybridized carbons (Fsp3) is 0.333. The number of benzene rings is 2. The molecule has 1 nitrogen and oxygen atoms in total. The summed E-state index contributed by atoms with van der Waals surface area (Å²) in [5, 5.41) is 0. The van der Waals surface area contributed by atoms with Crippen LogP contribution in [-0.2, 0) is 12.0 Å². The van der Waals surface area contributed by atoms with E-state index in [2.05, 4.69) is 35.2 Å². The van der Waals surface area contributed by atoms with Gasteiger partial charge in [0.25, 0.3) is 0 Å². The molecule has 0 amide bonds. The van der Waals surface area contributed by atoms with Crippen LogP contribution in [0.1, 0.15) is 17.5 Å². The average Bonchev–Trinajstić information content (AvgIpc) is 3.03. The molecule has 2 aromatic carbocycles. The molecule has 0 N–H and O–H groups in total. The zero-order valence-corrected chi connectivity index (χ0v) is 11.4. The van der Waals surface area contributed by atoms with Crippen LogP contribution in [0.15, 0.2) is 54.6 Å². The minimum Gasteiger partial charge on any atom is -0.298 e. The maximum atomic E-state index is 13.2. The first-order valence-corrected chi connectivity index (χ1v) is 7.29. The summed E-state index contributed by atoms with van der Waals surface area (Å²) in [5.41, 5.74) is 2.94. The summed E-state index contributed by atoms with van der Waals surface area (Å²) in [5.74, 6) is 0.656. The molecule has 20 heavy (non-hydrogen) atoms. The first-order chi connectivity index (χ1) is 9.76. The van der Waals surface area contributed by atoms with E-state index < -0.39 is 0 Å². The van der Waals surface area contributed by atoms with Gasteiger partial charge in [-0.1, -0.05) is 42.5 Å². The van der Waals surface area contributed by atoms with Crippen molar-refractivity contribution >= 4 is 0 Å². The van der Waals surface area contributed by atoms with Crippen LogP contribution in [0.5, 0.6) is 0 Å². The van der Waals surface area contributed by atoms with Crippen molar-refractivity contribution in [1.29, 1.82) is 0 Å². The smallest absolute Gasteiger partial charge is 0.123 e. The van der Waals surface area contributed by atoms with Gasteiger partial charge < -0.3 is 0 Å². The maximum absolute atomic E-state index is 13.2. The van der Waals surface area contributed by atoms with E-state index in [0.29, 0.717) is 5.41 Å². The zero-order valence-electron chi connectivity index (χ0n) is 11.4. The maximum Gasteiger partial charge on any atom is 0.123 e. The van der Waals surface area contributed by atoms with E-state index in [0.717, 1.165) is 31.1 Å². The Kier molecular flexibility index (Phi) is 2.67. The van der Waals surface area contributed by atoms with Crippen molar-refractivity contribution in [2.24, 2.45) is 5.92 Å².